The second kappa shape index (κ2) is 6.76. The molecule has 0 unspecified atom stereocenters. The lowest BCUT2D eigenvalue weighted by Gasteiger charge is -2.19. The molecular weight excluding hydrogens is 299 g/mol. The predicted molar refractivity (Wildman–Crippen MR) is 91.2 cm³/mol. The van der Waals surface area contributed by atoms with Crippen molar-refractivity contribution in [3.05, 3.63) is 90.0 Å². The summed E-state index contributed by atoms with van der Waals surface area (Å²) in [5.74, 6) is 0.832. The normalized spacial score (nSPS) is 10.6. The van der Waals surface area contributed by atoms with Crippen LogP contribution in [0.3, 0.4) is 0 Å². The van der Waals surface area contributed by atoms with Gasteiger partial charge in [-0.2, -0.15) is 0 Å². The summed E-state index contributed by atoms with van der Waals surface area (Å²) in [6.45, 7) is 0. The summed E-state index contributed by atoms with van der Waals surface area (Å²) in [5, 5.41) is 3.09. The Morgan fingerprint density at radius 1 is 0.619 bits per heavy atom. The second-order valence-electron chi connectivity index (χ2n) is 4.51. The molecule has 0 aromatic heterocycles. The summed E-state index contributed by atoms with van der Waals surface area (Å²) in [6, 6.07) is 28.1. The fourth-order valence-electron chi connectivity index (χ4n) is 1.98. The number of rotatable bonds is 4. The van der Waals surface area contributed by atoms with Crippen LogP contribution in [0.15, 0.2) is 84.9 Å². The average Bonchev–Trinajstić information content (AvgIpc) is 2.56. The van der Waals surface area contributed by atoms with Gasteiger partial charge in [0, 0.05) is 15.6 Å². The quantitative estimate of drug-likeness (QED) is 0.631. The summed E-state index contributed by atoms with van der Waals surface area (Å²) >= 11 is 5.93. The first-order valence-corrected chi connectivity index (χ1v) is 8.30. The SMILES string of the molecule is Clc1ccc(OP(c2ccccc2)c2ccccc2)cc1. The van der Waals surface area contributed by atoms with E-state index >= 15 is 0 Å². The third-order valence-corrected chi connectivity index (χ3v) is 5.17. The minimum Gasteiger partial charge on any atom is -0.464 e. The van der Waals surface area contributed by atoms with E-state index in [1.54, 1.807) is 0 Å². The van der Waals surface area contributed by atoms with Crippen LogP contribution in [0.1, 0.15) is 0 Å². The molecule has 1 nitrogen and oxygen atoms in total. The first kappa shape index (κ1) is 14.1. The van der Waals surface area contributed by atoms with Crippen LogP contribution in [0.5, 0.6) is 5.75 Å². The fraction of sp³-hybridized carbons (Fsp3) is 0. The minimum absolute atomic E-state index is 0.714. The van der Waals surface area contributed by atoms with Gasteiger partial charge in [-0.1, -0.05) is 72.3 Å². The Bertz CT molecular complexity index is 644. The summed E-state index contributed by atoms with van der Waals surface area (Å²) in [6.07, 6.45) is 0. The van der Waals surface area contributed by atoms with Gasteiger partial charge in [0.05, 0.1) is 0 Å². The predicted octanol–water partition coefficient (Wildman–Crippen LogP) is 4.77. The third kappa shape index (κ3) is 3.64. The molecule has 3 aromatic rings. The van der Waals surface area contributed by atoms with Crippen molar-refractivity contribution < 1.29 is 4.52 Å². The molecule has 104 valence electrons. The van der Waals surface area contributed by atoms with E-state index in [4.69, 9.17) is 16.1 Å². The third-order valence-electron chi connectivity index (χ3n) is 2.99. The van der Waals surface area contributed by atoms with E-state index in [9.17, 15) is 0 Å². The number of hydrogen-bond donors (Lipinski definition) is 0. The molecule has 0 bridgehead atoms. The lowest BCUT2D eigenvalue weighted by atomic mass is 10.3. The zero-order chi connectivity index (χ0) is 14.5. The molecule has 0 fully saturated rings. The lowest BCUT2D eigenvalue weighted by molar-refractivity contribution is 0.630. The van der Waals surface area contributed by atoms with Gasteiger partial charge in [0.2, 0.25) is 0 Å². The van der Waals surface area contributed by atoms with Crippen LogP contribution in [0.2, 0.25) is 5.02 Å². The van der Waals surface area contributed by atoms with Crippen molar-refractivity contribution in [1.82, 2.24) is 0 Å². The van der Waals surface area contributed by atoms with Crippen LogP contribution >= 0.6 is 19.7 Å². The molecule has 0 saturated carbocycles. The van der Waals surface area contributed by atoms with Crippen molar-refractivity contribution >= 4 is 30.4 Å². The molecule has 0 aliphatic carbocycles. The summed E-state index contributed by atoms with van der Waals surface area (Å²) in [5.41, 5.74) is 0. The molecule has 3 aromatic carbocycles. The molecule has 0 aliphatic heterocycles. The Morgan fingerprint density at radius 3 is 1.57 bits per heavy atom. The highest BCUT2D eigenvalue weighted by molar-refractivity contribution is 7.68. The van der Waals surface area contributed by atoms with E-state index in [-0.39, 0.29) is 0 Å². The van der Waals surface area contributed by atoms with Gasteiger partial charge in [0.1, 0.15) is 5.75 Å². The zero-order valence-corrected chi connectivity index (χ0v) is 13.0. The Balaban J connectivity index is 1.95. The van der Waals surface area contributed by atoms with Crippen molar-refractivity contribution in [3.8, 4) is 5.75 Å². The Hall–Kier alpha value is -1.82. The largest absolute Gasteiger partial charge is 0.464 e. The fourth-order valence-corrected chi connectivity index (χ4v) is 3.84. The van der Waals surface area contributed by atoms with E-state index in [1.165, 1.54) is 10.6 Å². The Kier molecular flexibility index (Phi) is 4.55. The first-order valence-electron chi connectivity index (χ1n) is 6.67. The van der Waals surface area contributed by atoms with Crippen LogP contribution in [-0.4, -0.2) is 0 Å². The van der Waals surface area contributed by atoms with Crippen molar-refractivity contribution in [3.63, 3.8) is 0 Å². The molecule has 3 rings (SSSR count). The van der Waals surface area contributed by atoms with Crippen molar-refractivity contribution in [2.45, 2.75) is 0 Å². The highest BCUT2D eigenvalue weighted by Gasteiger charge is 2.16. The van der Waals surface area contributed by atoms with Crippen LogP contribution in [0.4, 0.5) is 0 Å². The van der Waals surface area contributed by atoms with Crippen molar-refractivity contribution in [2.75, 3.05) is 0 Å². The molecule has 3 heteroatoms. The number of benzene rings is 3. The maximum Gasteiger partial charge on any atom is 0.150 e. The summed E-state index contributed by atoms with van der Waals surface area (Å²) in [4.78, 5) is 0. The Morgan fingerprint density at radius 2 is 1.10 bits per heavy atom. The molecule has 0 atom stereocenters. The van der Waals surface area contributed by atoms with Gasteiger partial charge in [-0.3, -0.25) is 0 Å². The second-order valence-corrected chi connectivity index (χ2v) is 6.75. The van der Waals surface area contributed by atoms with Gasteiger partial charge in [0.15, 0.2) is 8.15 Å². The topological polar surface area (TPSA) is 9.23 Å². The molecule has 21 heavy (non-hydrogen) atoms. The van der Waals surface area contributed by atoms with Gasteiger partial charge in [-0.25, -0.2) is 0 Å². The smallest absolute Gasteiger partial charge is 0.150 e. The van der Waals surface area contributed by atoms with E-state index in [1.807, 2.05) is 60.7 Å². The van der Waals surface area contributed by atoms with E-state index in [0.717, 1.165) is 5.75 Å². The maximum absolute atomic E-state index is 6.25. The average molecular weight is 313 g/mol. The van der Waals surface area contributed by atoms with Gasteiger partial charge in [-0.15, -0.1) is 0 Å². The van der Waals surface area contributed by atoms with E-state index in [2.05, 4.69) is 24.3 Å². The summed E-state index contributed by atoms with van der Waals surface area (Å²) in [7, 11) is -0.880. The maximum atomic E-state index is 6.25. The molecule has 0 heterocycles. The molecule has 0 amide bonds. The highest BCUT2D eigenvalue weighted by atomic mass is 35.5. The molecule has 0 aliphatic rings. The molecular formula is C18H14ClOP. The van der Waals surface area contributed by atoms with Gasteiger partial charge < -0.3 is 4.52 Å². The summed E-state index contributed by atoms with van der Waals surface area (Å²) < 4.78 is 6.25. The monoisotopic (exact) mass is 312 g/mol. The molecule has 0 radical (unpaired) electrons. The molecule has 0 spiro atoms. The first-order chi connectivity index (χ1) is 10.3. The van der Waals surface area contributed by atoms with Crippen LogP contribution in [0.25, 0.3) is 0 Å². The van der Waals surface area contributed by atoms with Crippen molar-refractivity contribution in [2.24, 2.45) is 0 Å². The lowest BCUT2D eigenvalue weighted by Crippen LogP contribution is -2.15. The van der Waals surface area contributed by atoms with Gasteiger partial charge in [0.25, 0.3) is 0 Å². The highest BCUT2D eigenvalue weighted by Crippen LogP contribution is 2.36. The van der Waals surface area contributed by atoms with E-state index in [0.29, 0.717) is 5.02 Å². The van der Waals surface area contributed by atoms with Gasteiger partial charge in [-0.05, 0) is 24.3 Å². The van der Waals surface area contributed by atoms with Gasteiger partial charge >= 0.3 is 0 Å². The molecule has 0 saturated heterocycles. The minimum atomic E-state index is -0.880. The Labute approximate surface area is 131 Å². The zero-order valence-electron chi connectivity index (χ0n) is 11.3. The van der Waals surface area contributed by atoms with Crippen molar-refractivity contribution in [1.29, 1.82) is 0 Å². The van der Waals surface area contributed by atoms with Crippen LogP contribution in [0, 0.1) is 0 Å². The number of halogens is 1. The van der Waals surface area contributed by atoms with Crippen LogP contribution < -0.4 is 15.1 Å². The van der Waals surface area contributed by atoms with Crippen LogP contribution in [-0.2, 0) is 0 Å². The molecule has 0 N–H and O–H groups in total. The van der Waals surface area contributed by atoms with E-state index < -0.39 is 8.15 Å². The number of hydrogen-bond acceptors (Lipinski definition) is 1. The standard InChI is InChI=1S/C18H14ClOP/c19-15-11-13-16(14-12-15)20-21(17-7-3-1-4-8-17)18-9-5-2-6-10-18/h1-14H.